The molecule has 2 aliphatic heterocycles. The first-order valence-electron chi connectivity index (χ1n) is 13.1. The van der Waals surface area contributed by atoms with Crippen LogP contribution in [0.25, 0.3) is 22.2 Å². The third-order valence-electron chi connectivity index (χ3n) is 8.03. The predicted octanol–water partition coefficient (Wildman–Crippen LogP) is 5.92. The third-order valence-corrected chi connectivity index (χ3v) is 8.03. The van der Waals surface area contributed by atoms with Crippen LogP contribution in [0.15, 0.2) is 36.4 Å². The number of likely N-dealkylation sites (tertiary alicyclic amines) is 1. The van der Waals surface area contributed by atoms with Gasteiger partial charge < -0.3 is 24.0 Å². The quantitative estimate of drug-likeness (QED) is 0.509. The zero-order valence-corrected chi connectivity index (χ0v) is 20.5. The summed E-state index contributed by atoms with van der Waals surface area (Å²) >= 11 is 0. The van der Waals surface area contributed by atoms with Gasteiger partial charge in [-0.2, -0.15) is 0 Å². The van der Waals surface area contributed by atoms with Crippen molar-refractivity contribution in [3.63, 3.8) is 0 Å². The average Bonchev–Trinajstić information content (AvgIpc) is 3.05. The van der Waals surface area contributed by atoms with Crippen LogP contribution < -0.4 is 9.47 Å². The first-order chi connectivity index (χ1) is 17.1. The highest BCUT2D eigenvalue weighted by atomic mass is 16.5. The Hall–Kier alpha value is -2.99. The molecule has 3 aromatic rings. The van der Waals surface area contributed by atoms with E-state index in [1.165, 1.54) is 48.7 Å². The van der Waals surface area contributed by atoms with E-state index in [1.54, 1.807) is 6.07 Å². The number of likely N-dealkylation sites (N-methyl/N-ethyl adjacent to an activating group) is 1. The molecule has 6 heteroatoms. The lowest BCUT2D eigenvalue weighted by molar-refractivity contribution is 0.0697. The smallest absolute Gasteiger partial charge is 0.335 e. The van der Waals surface area contributed by atoms with Crippen LogP contribution in [0.2, 0.25) is 0 Å². The molecule has 1 atom stereocenters. The summed E-state index contributed by atoms with van der Waals surface area (Å²) in [5, 5.41) is 10.9. The van der Waals surface area contributed by atoms with Gasteiger partial charge in [0.15, 0.2) is 11.5 Å². The van der Waals surface area contributed by atoms with E-state index in [-0.39, 0.29) is 6.10 Å². The summed E-state index contributed by atoms with van der Waals surface area (Å²) in [4.78, 5) is 14.1. The molecule has 3 aliphatic rings. The Morgan fingerprint density at radius 2 is 1.91 bits per heavy atom. The van der Waals surface area contributed by atoms with E-state index in [9.17, 15) is 9.90 Å². The number of carboxylic acids is 1. The maximum atomic E-state index is 11.8. The van der Waals surface area contributed by atoms with Crippen LogP contribution in [0.1, 0.15) is 66.8 Å². The lowest BCUT2D eigenvalue weighted by atomic mass is 9.81. The molecule has 0 amide bonds. The zero-order valence-electron chi connectivity index (χ0n) is 20.5. The van der Waals surface area contributed by atoms with Gasteiger partial charge in [0.25, 0.3) is 0 Å². The largest absolute Gasteiger partial charge is 0.487 e. The van der Waals surface area contributed by atoms with Crippen molar-refractivity contribution in [2.24, 2.45) is 0 Å². The average molecular weight is 475 g/mol. The van der Waals surface area contributed by atoms with Crippen LogP contribution >= 0.6 is 0 Å². The molecule has 6 nitrogen and oxygen atoms in total. The highest BCUT2D eigenvalue weighted by Gasteiger charge is 2.31. The van der Waals surface area contributed by atoms with E-state index >= 15 is 0 Å². The van der Waals surface area contributed by atoms with Crippen molar-refractivity contribution in [3.05, 3.63) is 47.5 Å². The van der Waals surface area contributed by atoms with Crippen molar-refractivity contribution in [1.82, 2.24) is 9.47 Å². The fourth-order valence-electron chi connectivity index (χ4n) is 6.41. The summed E-state index contributed by atoms with van der Waals surface area (Å²) in [7, 11) is 2.15. The second-order valence-electron chi connectivity index (χ2n) is 10.4. The van der Waals surface area contributed by atoms with Crippen molar-refractivity contribution >= 4 is 16.9 Å². The first kappa shape index (κ1) is 22.5. The lowest BCUT2D eigenvalue weighted by Gasteiger charge is -2.30. The molecule has 0 radical (unpaired) electrons. The maximum absolute atomic E-state index is 11.8. The molecular formula is C29H34N2O4. The van der Waals surface area contributed by atoms with E-state index in [0.717, 1.165) is 48.5 Å². The van der Waals surface area contributed by atoms with E-state index in [4.69, 9.17) is 9.47 Å². The van der Waals surface area contributed by atoms with Gasteiger partial charge in [0.1, 0.15) is 12.7 Å². The Bertz CT molecular complexity index is 1260. The van der Waals surface area contributed by atoms with Crippen molar-refractivity contribution in [1.29, 1.82) is 0 Å². The topological polar surface area (TPSA) is 63.9 Å². The molecule has 1 saturated carbocycles. The number of ether oxygens (including phenoxy) is 2. The molecule has 6 rings (SSSR count). The number of fused-ring (bicyclic) bond motifs is 5. The molecule has 35 heavy (non-hydrogen) atoms. The summed E-state index contributed by atoms with van der Waals surface area (Å²) in [6.07, 6.45) is 8.48. The standard InChI is InChI=1S/C29H34N2O4/c1-30-14-6-9-21(18-30)35-25-11-5-10-23-27-26(19-7-3-2-4-8-19)22-13-12-20(29(32)33)17-24(22)31(27)15-16-34-28(23)25/h5,10-13,17,19,21H,2-4,6-9,14-16,18H2,1H3,(H,32,33). The third kappa shape index (κ3) is 4.08. The van der Waals surface area contributed by atoms with Crippen molar-refractivity contribution in [2.45, 2.75) is 63.5 Å². The van der Waals surface area contributed by atoms with E-state index < -0.39 is 5.97 Å². The zero-order chi connectivity index (χ0) is 23.9. The molecule has 1 unspecified atom stereocenters. The Labute approximate surface area is 206 Å². The predicted molar refractivity (Wildman–Crippen MR) is 137 cm³/mol. The van der Waals surface area contributed by atoms with E-state index in [1.807, 2.05) is 18.2 Å². The van der Waals surface area contributed by atoms with Crippen LogP contribution in [0.4, 0.5) is 0 Å². The monoisotopic (exact) mass is 474 g/mol. The highest BCUT2D eigenvalue weighted by Crippen LogP contribution is 2.49. The number of benzene rings is 2. The summed E-state index contributed by atoms with van der Waals surface area (Å²) < 4.78 is 15.2. The molecule has 2 aromatic carbocycles. The van der Waals surface area contributed by atoms with Crippen LogP contribution in [0.5, 0.6) is 11.5 Å². The number of hydrogen-bond acceptors (Lipinski definition) is 4. The Kier molecular flexibility index (Phi) is 5.93. The second kappa shape index (κ2) is 9.23. The van der Waals surface area contributed by atoms with Gasteiger partial charge in [-0.25, -0.2) is 4.79 Å². The Morgan fingerprint density at radius 1 is 1.06 bits per heavy atom. The summed E-state index contributed by atoms with van der Waals surface area (Å²) in [6.45, 7) is 3.25. The van der Waals surface area contributed by atoms with Gasteiger partial charge in [0.2, 0.25) is 0 Å². The molecule has 0 bridgehead atoms. The number of carbonyl (C=O) groups is 1. The second-order valence-corrected chi connectivity index (χ2v) is 10.4. The van der Waals surface area contributed by atoms with Gasteiger partial charge in [0.05, 0.1) is 17.8 Å². The molecule has 2 fully saturated rings. The van der Waals surface area contributed by atoms with Crippen LogP contribution in [0.3, 0.4) is 0 Å². The Balaban J connectivity index is 1.52. The van der Waals surface area contributed by atoms with Crippen LogP contribution in [-0.2, 0) is 6.54 Å². The van der Waals surface area contributed by atoms with Gasteiger partial charge in [-0.05, 0) is 75.0 Å². The maximum Gasteiger partial charge on any atom is 0.335 e. The molecule has 3 heterocycles. The van der Waals surface area contributed by atoms with Gasteiger partial charge >= 0.3 is 5.97 Å². The molecule has 1 aromatic heterocycles. The minimum atomic E-state index is -0.889. The van der Waals surface area contributed by atoms with Crippen molar-refractivity contribution in [3.8, 4) is 22.8 Å². The molecular weight excluding hydrogens is 440 g/mol. The van der Waals surface area contributed by atoms with Gasteiger partial charge in [0, 0.05) is 23.0 Å². The summed E-state index contributed by atoms with van der Waals surface area (Å²) in [5.74, 6) is 1.24. The van der Waals surface area contributed by atoms with Crippen molar-refractivity contribution < 1.29 is 19.4 Å². The minimum Gasteiger partial charge on any atom is -0.487 e. The number of hydrogen-bond donors (Lipinski definition) is 1. The van der Waals surface area contributed by atoms with Crippen LogP contribution in [-0.4, -0.2) is 53.4 Å². The van der Waals surface area contributed by atoms with Crippen molar-refractivity contribution in [2.75, 3.05) is 26.7 Å². The SMILES string of the molecule is CN1CCCC(Oc2cccc3c2OCCn2c-3c(C3CCCCC3)c3ccc(C(=O)O)cc32)C1. The molecule has 184 valence electrons. The fraction of sp³-hybridized carbons (Fsp3) is 0.483. The number of nitrogens with zero attached hydrogens (tertiary/aromatic N) is 2. The number of aromatic carboxylic acids is 1. The minimum absolute atomic E-state index is 0.161. The molecule has 1 N–H and O–H groups in total. The molecule has 0 spiro atoms. The number of aromatic nitrogens is 1. The lowest BCUT2D eigenvalue weighted by Crippen LogP contribution is -2.38. The number of carboxylic acid groups (broad SMARTS) is 1. The normalized spacial score (nSPS) is 21.1. The van der Waals surface area contributed by atoms with Gasteiger partial charge in [-0.3, -0.25) is 0 Å². The summed E-state index contributed by atoms with van der Waals surface area (Å²) in [6, 6.07) is 11.9. The fourth-order valence-corrected chi connectivity index (χ4v) is 6.41. The van der Waals surface area contributed by atoms with Gasteiger partial charge in [-0.15, -0.1) is 0 Å². The molecule has 1 aliphatic carbocycles. The number of para-hydroxylation sites is 1. The molecule has 1 saturated heterocycles. The van der Waals surface area contributed by atoms with Gasteiger partial charge in [-0.1, -0.05) is 31.4 Å². The highest BCUT2D eigenvalue weighted by molar-refractivity contribution is 5.99. The van der Waals surface area contributed by atoms with E-state index in [0.29, 0.717) is 24.6 Å². The summed E-state index contributed by atoms with van der Waals surface area (Å²) in [5.41, 5.74) is 4.94. The number of rotatable bonds is 4. The van der Waals surface area contributed by atoms with Crippen LogP contribution in [0, 0.1) is 0 Å². The number of piperidine rings is 1. The van der Waals surface area contributed by atoms with E-state index in [2.05, 4.69) is 28.6 Å². The first-order valence-corrected chi connectivity index (χ1v) is 13.1. The Morgan fingerprint density at radius 3 is 2.71 bits per heavy atom.